The standard InChI is InChI=1S/C24H31Cl2NO5S/c1-7-16(2)27(23(28)14-24(3,4)5)15-17-8-11-21(31-6)22(12-17)32-33(29,30)18-9-10-19(25)20(26)13-18/h8-13,16H,7,14-15H2,1-6H3/t16-/m1/s1. The Kier molecular flexibility index (Phi) is 9.08. The van der Waals surface area contributed by atoms with E-state index < -0.39 is 10.1 Å². The molecule has 2 aromatic carbocycles. The van der Waals surface area contributed by atoms with Gasteiger partial charge in [-0.15, -0.1) is 0 Å². The lowest BCUT2D eigenvalue weighted by Gasteiger charge is -2.31. The first-order chi connectivity index (χ1) is 15.3. The summed E-state index contributed by atoms with van der Waals surface area (Å²) in [4.78, 5) is 14.7. The van der Waals surface area contributed by atoms with Crippen LogP contribution in [0, 0.1) is 5.41 Å². The van der Waals surface area contributed by atoms with Crippen LogP contribution in [-0.2, 0) is 21.5 Å². The Morgan fingerprint density at radius 2 is 1.73 bits per heavy atom. The smallest absolute Gasteiger partial charge is 0.339 e. The van der Waals surface area contributed by atoms with E-state index in [-0.39, 0.29) is 43.8 Å². The molecule has 0 bridgehead atoms. The van der Waals surface area contributed by atoms with Crippen LogP contribution in [0.15, 0.2) is 41.3 Å². The maximum Gasteiger partial charge on any atom is 0.339 e. The van der Waals surface area contributed by atoms with Crippen LogP contribution in [0.3, 0.4) is 0 Å². The molecular formula is C24H31Cl2NO5S. The molecule has 0 aliphatic rings. The van der Waals surface area contributed by atoms with Crippen molar-refractivity contribution < 1.29 is 22.1 Å². The molecule has 1 atom stereocenters. The number of benzene rings is 2. The van der Waals surface area contributed by atoms with E-state index in [1.54, 1.807) is 18.2 Å². The normalized spacial score (nSPS) is 12.8. The lowest BCUT2D eigenvalue weighted by molar-refractivity contribution is -0.135. The van der Waals surface area contributed by atoms with Crippen molar-refractivity contribution in [2.45, 2.75) is 64.9 Å². The molecule has 182 valence electrons. The zero-order valence-corrected chi connectivity index (χ0v) is 22.1. The van der Waals surface area contributed by atoms with Gasteiger partial charge in [-0.25, -0.2) is 0 Å². The number of halogens is 2. The molecule has 1 amide bonds. The molecule has 0 aliphatic carbocycles. The van der Waals surface area contributed by atoms with Crippen molar-refractivity contribution in [3.8, 4) is 11.5 Å². The molecule has 0 radical (unpaired) electrons. The molecule has 33 heavy (non-hydrogen) atoms. The number of methoxy groups -OCH3 is 1. The highest BCUT2D eigenvalue weighted by Gasteiger charge is 2.25. The lowest BCUT2D eigenvalue weighted by Crippen LogP contribution is -2.39. The Balaban J connectivity index is 2.37. The molecule has 0 spiro atoms. The van der Waals surface area contributed by atoms with Gasteiger partial charge in [0, 0.05) is 19.0 Å². The van der Waals surface area contributed by atoms with E-state index in [0.717, 1.165) is 12.0 Å². The number of carbonyl (C=O) groups excluding carboxylic acids is 1. The van der Waals surface area contributed by atoms with E-state index in [1.165, 1.54) is 25.3 Å². The largest absolute Gasteiger partial charge is 0.493 e. The third-order valence-electron chi connectivity index (χ3n) is 5.08. The number of nitrogens with zero attached hydrogens (tertiary/aromatic N) is 1. The average Bonchev–Trinajstić information content (AvgIpc) is 2.72. The molecule has 2 aromatic rings. The number of amides is 1. The van der Waals surface area contributed by atoms with Crippen molar-refractivity contribution in [3.63, 3.8) is 0 Å². The first-order valence-electron chi connectivity index (χ1n) is 10.6. The van der Waals surface area contributed by atoms with Gasteiger partial charge in [-0.3, -0.25) is 4.79 Å². The molecule has 0 fully saturated rings. The van der Waals surface area contributed by atoms with Crippen LogP contribution in [0.25, 0.3) is 0 Å². The first-order valence-corrected chi connectivity index (χ1v) is 12.8. The van der Waals surface area contributed by atoms with E-state index >= 15 is 0 Å². The predicted octanol–water partition coefficient (Wildman–Crippen LogP) is 6.33. The zero-order chi connectivity index (χ0) is 25.0. The summed E-state index contributed by atoms with van der Waals surface area (Å²) in [5.74, 6) is 0.311. The van der Waals surface area contributed by atoms with Gasteiger partial charge in [0.15, 0.2) is 11.5 Å². The third-order valence-corrected chi connectivity index (χ3v) is 7.05. The molecule has 0 saturated heterocycles. The number of rotatable bonds is 9. The molecule has 0 heterocycles. The molecule has 0 unspecified atom stereocenters. The first kappa shape index (κ1) is 27.3. The minimum Gasteiger partial charge on any atom is -0.493 e. The second-order valence-corrected chi connectivity index (χ2v) is 11.5. The zero-order valence-electron chi connectivity index (χ0n) is 19.8. The second-order valence-electron chi connectivity index (χ2n) is 9.11. The third kappa shape index (κ3) is 7.52. The molecule has 0 N–H and O–H groups in total. The van der Waals surface area contributed by atoms with Crippen LogP contribution in [-0.4, -0.2) is 32.4 Å². The van der Waals surface area contributed by atoms with Crippen molar-refractivity contribution in [1.29, 1.82) is 0 Å². The van der Waals surface area contributed by atoms with E-state index in [0.29, 0.717) is 13.0 Å². The summed E-state index contributed by atoms with van der Waals surface area (Å²) >= 11 is 11.9. The number of ether oxygens (including phenoxy) is 1. The molecule has 6 nitrogen and oxygen atoms in total. The van der Waals surface area contributed by atoms with Crippen LogP contribution < -0.4 is 8.92 Å². The second kappa shape index (κ2) is 11.0. The molecule has 0 aliphatic heterocycles. The minimum absolute atomic E-state index is 0.0197. The van der Waals surface area contributed by atoms with Gasteiger partial charge >= 0.3 is 10.1 Å². The van der Waals surface area contributed by atoms with Gasteiger partial charge in [0.1, 0.15) is 4.90 Å². The highest BCUT2D eigenvalue weighted by molar-refractivity contribution is 7.87. The van der Waals surface area contributed by atoms with Crippen LogP contribution in [0.4, 0.5) is 0 Å². The van der Waals surface area contributed by atoms with Gasteiger partial charge in [-0.1, -0.05) is 57.0 Å². The SMILES string of the molecule is CC[C@@H](C)N(Cc1ccc(OC)c(OS(=O)(=O)c2ccc(Cl)c(Cl)c2)c1)C(=O)CC(C)(C)C. The Labute approximate surface area is 206 Å². The maximum atomic E-state index is 13.0. The van der Waals surface area contributed by atoms with Crippen molar-refractivity contribution in [3.05, 3.63) is 52.0 Å². The van der Waals surface area contributed by atoms with Crippen molar-refractivity contribution >= 4 is 39.2 Å². The maximum absolute atomic E-state index is 13.0. The number of carbonyl (C=O) groups is 1. The highest BCUT2D eigenvalue weighted by Crippen LogP contribution is 2.33. The quantitative estimate of drug-likeness (QED) is 0.364. The van der Waals surface area contributed by atoms with E-state index in [4.69, 9.17) is 32.1 Å². The van der Waals surface area contributed by atoms with Crippen molar-refractivity contribution in [2.75, 3.05) is 7.11 Å². The molecule has 0 saturated carbocycles. The summed E-state index contributed by atoms with van der Waals surface area (Å²) in [5, 5.41) is 0.337. The summed E-state index contributed by atoms with van der Waals surface area (Å²) in [6, 6.07) is 8.94. The molecule has 9 heteroatoms. The van der Waals surface area contributed by atoms with Crippen LogP contribution in [0.5, 0.6) is 11.5 Å². The molecule has 0 aromatic heterocycles. The highest BCUT2D eigenvalue weighted by atomic mass is 35.5. The fraction of sp³-hybridized carbons (Fsp3) is 0.458. The molecular weight excluding hydrogens is 485 g/mol. The fourth-order valence-corrected chi connectivity index (χ4v) is 4.47. The van der Waals surface area contributed by atoms with E-state index in [2.05, 4.69) is 0 Å². The van der Waals surface area contributed by atoms with E-state index in [1.807, 2.05) is 39.5 Å². The monoisotopic (exact) mass is 515 g/mol. The summed E-state index contributed by atoms with van der Waals surface area (Å²) in [5.41, 5.74) is 0.572. The fourth-order valence-electron chi connectivity index (χ4n) is 3.15. The topological polar surface area (TPSA) is 72.9 Å². The number of hydrogen-bond acceptors (Lipinski definition) is 5. The Bertz CT molecular complexity index is 1100. The van der Waals surface area contributed by atoms with Gasteiger partial charge in [0.25, 0.3) is 0 Å². The Morgan fingerprint density at radius 3 is 2.27 bits per heavy atom. The van der Waals surface area contributed by atoms with Gasteiger partial charge in [0.2, 0.25) is 5.91 Å². The lowest BCUT2D eigenvalue weighted by atomic mass is 9.91. The summed E-state index contributed by atoms with van der Waals surface area (Å²) < 4.78 is 36.4. The van der Waals surface area contributed by atoms with Crippen molar-refractivity contribution in [2.24, 2.45) is 5.41 Å². The van der Waals surface area contributed by atoms with Crippen molar-refractivity contribution in [1.82, 2.24) is 4.90 Å². The van der Waals surface area contributed by atoms with Gasteiger partial charge in [-0.05, 0) is 54.7 Å². The van der Waals surface area contributed by atoms with Gasteiger partial charge < -0.3 is 13.8 Å². The van der Waals surface area contributed by atoms with Gasteiger partial charge in [0.05, 0.1) is 17.2 Å². The molecule has 2 rings (SSSR count). The minimum atomic E-state index is -4.20. The van der Waals surface area contributed by atoms with Crippen LogP contribution >= 0.6 is 23.2 Å². The summed E-state index contributed by atoms with van der Waals surface area (Å²) in [7, 11) is -2.77. The van der Waals surface area contributed by atoms with Gasteiger partial charge in [-0.2, -0.15) is 8.42 Å². The van der Waals surface area contributed by atoms with E-state index in [9.17, 15) is 13.2 Å². The average molecular weight is 516 g/mol. The van der Waals surface area contributed by atoms with Crippen LogP contribution in [0.2, 0.25) is 10.0 Å². The number of hydrogen-bond donors (Lipinski definition) is 0. The summed E-state index contributed by atoms with van der Waals surface area (Å²) in [6.07, 6.45) is 1.20. The van der Waals surface area contributed by atoms with Crippen LogP contribution in [0.1, 0.15) is 53.0 Å². The predicted molar refractivity (Wildman–Crippen MR) is 132 cm³/mol. The summed E-state index contributed by atoms with van der Waals surface area (Å²) in [6.45, 7) is 10.4. The Morgan fingerprint density at radius 1 is 1.06 bits per heavy atom. The Hall–Kier alpha value is -1.96.